The molecule has 0 saturated carbocycles. The molecule has 2 aromatic carbocycles. The van der Waals surface area contributed by atoms with E-state index in [2.05, 4.69) is 5.32 Å². The van der Waals surface area contributed by atoms with Crippen LogP contribution in [0.4, 0.5) is 9.18 Å². The maximum absolute atomic E-state index is 12.8. The zero-order valence-electron chi connectivity index (χ0n) is 12.4. The second-order valence-electron chi connectivity index (χ2n) is 5.07. The lowest BCUT2D eigenvalue weighted by atomic mass is 10.1. The van der Waals surface area contributed by atoms with Crippen LogP contribution >= 0.6 is 0 Å². The molecule has 118 valence electrons. The number of alkyl carbamates (subject to hydrolysis) is 1. The lowest BCUT2D eigenvalue weighted by molar-refractivity contribution is 0.190. The highest BCUT2D eigenvalue weighted by atomic mass is 19.1. The highest BCUT2D eigenvalue weighted by Crippen LogP contribution is 2.29. The zero-order chi connectivity index (χ0) is 16.1. The molecule has 1 heterocycles. The van der Waals surface area contributed by atoms with Gasteiger partial charge in [-0.3, -0.25) is 0 Å². The van der Waals surface area contributed by atoms with Crippen LogP contribution in [0, 0.1) is 5.82 Å². The first-order chi connectivity index (χ1) is 11.2. The summed E-state index contributed by atoms with van der Waals surface area (Å²) < 4.78 is 23.6. The van der Waals surface area contributed by atoms with Crippen molar-refractivity contribution in [1.82, 2.24) is 5.32 Å². The fourth-order valence-electron chi connectivity index (χ4n) is 2.31. The van der Waals surface area contributed by atoms with Gasteiger partial charge >= 0.3 is 6.09 Å². The van der Waals surface area contributed by atoms with E-state index in [0.29, 0.717) is 31.1 Å². The van der Waals surface area contributed by atoms with E-state index in [-0.39, 0.29) is 5.82 Å². The molecular weight excluding hydrogens is 297 g/mol. The van der Waals surface area contributed by atoms with Crippen LogP contribution in [0.3, 0.4) is 0 Å². The molecule has 0 fully saturated rings. The predicted molar refractivity (Wildman–Crippen MR) is 84.5 cm³/mol. The van der Waals surface area contributed by atoms with Gasteiger partial charge in [0.1, 0.15) is 23.9 Å². The summed E-state index contributed by atoms with van der Waals surface area (Å²) in [5, 5.41) is 2.69. The summed E-state index contributed by atoms with van der Waals surface area (Å²) in [6.07, 6.45) is 1.81. The summed E-state index contributed by atoms with van der Waals surface area (Å²) in [5.41, 5.74) is 1.70. The van der Waals surface area contributed by atoms with Gasteiger partial charge in [-0.2, -0.15) is 0 Å². The number of carbonyl (C=O) groups is 1. The van der Waals surface area contributed by atoms with E-state index in [4.69, 9.17) is 9.47 Å². The maximum Gasteiger partial charge on any atom is 0.412 e. The number of fused-ring (bicyclic) bond motifs is 1. The Kier molecular flexibility index (Phi) is 4.57. The Morgan fingerprint density at radius 1 is 1.17 bits per heavy atom. The second kappa shape index (κ2) is 6.96. The van der Waals surface area contributed by atoms with Crippen molar-refractivity contribution in [3.05, 3.63) is 71.6 Å². The highest BCUT2D eigenvalue weighted by Gasteiger charge is 2.17. The summed E-state index contributed by atoms with van der Waals surface area (Å²) in [5.74, 6) is 0.918. The van der Waals surface area contributed by atoms with Crippen molar-refractivity contribution in [2.75, 3.05) is 13.2 Å². The largest absolute Gasteiger partial charge is 0.489 e. The Morgan fingerprint density at radius 3 is 2.78 bits per heavy atom. The molecule has 1 amide bonds. The van der Waals surface area contributed by atoms with Crippen molar-refractivity contribution in [1.29, 1.82) is 0 Å². The van der Waals surface area contributed by atoms with Crippen LogP contribution in [0.25, 0.3) is 5.76 Å². The molecule has 0 spiro atoms. The quantitative estimate of drug-likeness (QED) is 0.939. The maximum atomic E-state index is 12.8. The fourth-order valence-corrected chi connectivity index (χ4v) is 2.31. The molecule has 3 rings (SSSR count). The Labute approximate surface area is 133 Å². The predicted octanol–water partition coefficient (Wildman–Crippen LogP) is 3.53. The molecule has 0 atom stereocenters. The third-order valence-corrected chi connectivity index (χ3v) is 3.46. The molecular formula is C18H16FNO3. The number of nitrogens with one attached hydrogen (secondary N) is 1. The van der Waals surface area contributed by atoms with Crippen molar-refractivity contribution in [2.45, 2.75) is 6.42 Å². The molecule has 0 saturated heterocycles. The third kappa shape index (κ3) is 3.88. The van der Waals surface area contributed by atoms with Crippen LogP contribution in [-0.4, -0.2) is 19.2 Å². The van der Waals surface area contributed by atoms with E-state index in [1.807, 2.05) is 24.3 Å². The van der Waals surface area contributed by atoms with Crippen LogP contribution in [0.1, 0.15) is 11.1 Å². The van der Waals surface area contributed by atoms with E-state index in [1.54, 1.807) is 18.2 Å². The van der Waals surface area contributed by atoms with E-state index >= 15 is 0 Å². The Bertz CT molecular complexity index is 725. The number of para-hydroxylation sites is 1. The van der Waals surface area contributed by atoms with Gasteiger partial charge in [-0.05, 0) is 42.3 Å². The number of hydrogen-bond donors (Lipinski definition) is 1. The monoisotopic (exact) mass is 313 g/mol. The van der Waals surface area contributed by atoms with E-state index < -0.39 is 6.09 Å². The molecule has 1 N–H and O–H groups in total. The highest BCUT2D eigenvalue weighted by molar-refractivity contribution is 5.79. The molecule has 4 nitrogen and oxygen atoms in total. The van der Waals surface area contributed by atoms with Gasteiger partial charge in [0.15, 0.2) is 0 Å². The smallest absolute Gasteiger partial charge is 0.412 e. The Balaban J connectivity index is 1.52. The molecule has 23 heavy (non-hydrogen) atoms. The van der Waals surface area contributed by atoms with Gasteiger partial charge < -0.3 is 14.8 Å². The first kappa shape index (κ1) is 15.1. The zero-order valence-corrected chi connectivity index (χ0v) is 12.4. The van der Waals surface area contributed by atoms with Gasteiger partial charge in [-0.1, -0.05) is 24.3 Å². The summed E-state index contributed by atoms with van der Waals surface area (Å²) in [6.45, 7) is 0.783. The Hall–Kier alpha value is -2.82. The number of carbonyl (C=O) groups excluding carboxylic acids is 1. The molecule has 1 aliphatic rings. The summed E-state index contributed by atoms with van der Waals surface area (Å²) in [4.78, 5) is 11.9. The normalized spacial score (nSPS) is 12.7. The fraction of sp³-hybridized carbons (Fsp3) is 0.167. The van der Waals surface area contributed by atoms with Crippen molar-refractivity contribution >= 4 is 11.9 Å². The van der Waals surface area contributed by atoms with Crippen molar-refractivity contribution < 1.29 is 18.7 Å². The minimum Gasteiger partial charge on any atom is -0.489 e. The van der Waals surface area contributed by atoms with Gasteiger partial charge in [0, 0.05) is 6.54 Å². The molecule has 0 unspecified atom stereocenters. The summed E-state index contributed by atoms with van der Waals surface area (Å²) >= 11 is 0. The molecule has 0 aromatic heterocycles. The molecule has 2 aromatic rings. The summed E-state index contributed by atoms with van der Waals surface area (Å²) in [7, 11) is 0. The van der Waals surface area contributed by atoms with Gasteiger partial charge in [-0.25, -0.2) is 9.18 Å². The van der Waals surface area contributed by atoms with E-state index in [9.17, 15) is 9.18 Å². The van der Waals surface area contributed by atoms with Crippen LogP contribution < -0.4 is 10.1 Å². The standard InChI is InChI=1S/C18H16FNO3/c19-14-7-5-13(6-8-14)9-11-20-18(21)23-17-10-12-22-16-4-2-1-3-15(16)17/h1-8,10H,9,11-12H2,(H,20,21). The van der Waals surface area contributed by atoms with Gasteiger partial charge in [-0.15, -0.1) is 0 Å². The van der Waals surface area contributed by atoms with Crippen LogP contribution in [-0.2, 0) is 11.2 Å². The van der Waals surface area contributed by atoms with Crippen molar-refractivity contribution in [3.8, 4) is 5.75 Å². The average molecular weight is 313 g/mol. The van der Waals surface area contributed by atoms with Crippen LogP contribution in [0.5, 0.6) is 5.75 Å². The third-order valence-electron chi connectivity index (χ3n) is 3.46. The van der Waals surface area contributed by atoms with Crippen LogP contribution in [0.15, 0.2) is 54.6 Å². The number of benzene rings is 2. The number of amides is 1. The first-order valence-electron chi connectivity index (χ1n) is 7.35. The molecule has 0 radical (unpaired) electrons. The lowest BCUT2D eigenvalue weighted by Crippen LogP contribution is -2.26. The van der Waals surface area contributed by atoms with Crippen molar-refractivity contribution in [2.24, 2.45) is 0 Å². The SMILES string of the molecule is O=C(NCCc1ccc(F)cc1)OC1=CCOc2ccccc21. The van der Waals surface area contributed by atoms with Gasteiger partial charge in [0.05, 0.1) is 5.56 Å². The molecule has 1 aliphatic heterocycles. The lowest BCUT2D eigenvalue weighted by Gasteiger charge is -2.18. The topological polar surface area (TPSA) is 47.6 Å². The Morgan fingerprint density at radius 2 is 1.96 bits per heavy atom. The van der Waals surface area contributed by atoms with Crippen molar-refractivity contribution in [3.63, 3.8) is 0 Å². The number of rotatable bonds is 4. The molecule has 0 bridgehead atoms. The van der Waals surface area contributed by atoms with Crippen LogP contribution in [0.2, 0.25) is 0 Å². The molecule has 5 heteroatoms. The second-order valence-corrected chi connectivity index (χ2v) is 5.07. The van der Waals surface area contributed by atoms with Gasteiger partial charge in [0.2, 0.25) is 0 Å². The minimum absolute atomic E-state index is 0.272. The molecule has 0 aliphatic carbocycles. The minimum atomic E-state index is -0.518. The van der Waals surface area contributed by atoms with E-state index in [1.165, 1.54) is 12.1 Å². The number of halogens is 1. The van der Waals surface area contributed by atoms with Gasteiger partial charge in [0.25, 0.3) is 0 Å². The number of ether oxygens (including phenoxy) is 2. The van der Waals surface area contributed by atoms with E-state index in [0.717, 1.165) is 11.1 Å². The summed E-state index contributed by atoms with van der Waals surface area (Å²) in [6, 6.07) is 13.6. The number of hydrogen-bond acceptors (Lipinski definition) is 3. The average Bonchev–Trinajstić information content (AvgIpc) is 2.57. The first-order valence-corrected chi connectivity index (χ1v) is 7.35.